The fourth-order valence-corrected chi connectivity index (χ4v) is 2.67. The third-order valence-electron chi connectivity index (χ3n) is 3.75. The van der Waals surface area contributed by atoms with Gasteiger partial charge in [0.15, 0.2) is 0 Å². The minimum absolute atomic E-state index is 0.110. The number of rotatable bonds is 5. The summed E-state index contributed by atoms with van der Waals surface area (Å²) in [6.45, 7) is 4.85. The first kappa shape index (κ1) is 15.9. The molecule has 0 aromatic heterocycles. The Morgan fingerprint density at radius 1 is 1.24 bits per heavy atom. The van der Waals surface area contributed by atoms with E-state index in [2.05, 4.69) is 15.9 Å². The summed E-state index contributed by atoms with van der Waals surface area (Å²) < 4.78 is 0. The van der Waals surface area contributed by atoms with Gasteiger partial charge in [-0.15, -0.1) is 0 Å². The number of nitrogens with zero attached hydrogens (tertiary/aromatic N) is 3. The van der Waals surface area contributed by atoms with Crippen LogP contribution in [0.15, 0.2) is 24.3 Å². The molecule has 0 aliphatic carbocycles. The molecule has 0 atom stereocenters. The van der Waals surface area contributed by atoms with Gasteiger partial charge in [0.1, 0.15) is 0 Å². The van der Waals surface area contributed by atoms with E-state index in [-0.39, 0.29) is 12.5 Å². The number of amides is 1. The fraction of sp³-hybridized carbons (Fsp3) is 0.562. The summed E-state index contributed by atoms with van der Waals surface area (Å²) >= 11 is 0. The number of aliphatic hydroxyl groups is 1. The van der Waals surface area contributed by atoms with Gasteiger partial charge in [0.05, 0.1) is 6.61 Å². The second-order valence-electron chi connectivity index (χ2n) is 5.80. The number of carbonyl (C=O) groups excluding carboxylic acids is 1. The van der Waals surface area contributed by atoms with Crippen LogP contribution in [-0.4, -0.2) is 79.1 Å². The van der Waals surface area contributed by atoms with Crippen molar-refractivity contribution in [2.45, 2.75) is 6.54 Å². The average molecular weight is 291 g/mol. The van der Waals surface area contributed by atoms with Crippen molar-refractivity contribution < 1.29 is 9.90 Å². The summed E-state index contributed by atoms with van der Waals surface area (Å²) in [6.07, 6.45) is 0. The Labute approximate surface area is 126 Å². The second kappa shape index (κ2) is 7.54. The van der Waals surface area contributed by atoms with Gasteiger partial charge in [0, 0.05) is 44.8 Å². The number of piperazine rings is 1. The third kappa shape index (κ3) is 4.52. The largest absolute Gasteiger partial charge is 0.395 e. The predicted octanol–water partition coefficient (Wildman–Crippen LogP) is 0.498. The zero-order chi connectivity index (χ0) is 15.2. The Morgan fingerprint density at radius 2 is 1.95 bits per heavy atom. The van der Waals surface area contributed by atoms with Crippen molar-refractivity contribution in [3.63, 3.8) is 0 Å². The van der Waals surface area contributed by atoms with Crippen LogP contribution in [0.3, 0.4) is 0 Å². The van der Waals surface area contributed by atoms with Crippen molar-refractivity contribution in [2.24, 2.45) is 0 Å². The Hall–Kier alpha value is -1.43. The molecule has 0 spiro atoms. The van der Waals surface area contributed by atoms with Crippen LogP contribution in [0.25, 0.3) is 0 Å². The monoisotopic (exact) mass is 291 g/mol. The van der Waals surface area contributed by atoms with E-state index in [1.165, 1.54) is 0 Å². The molecule has 1 heterocycles. The molecule has 1 aromatic carbocycles. The first-order valence-corrected chi connectivity index (χ1v) is 7.46. The summed E-state index contributed by atoms with van der Waals surface area (Å²) in [5.41, 5.74) is 1.93. The van der Waals surface area contributed by atoms with Gasteiger partial charge in [0.2, 0.25) is 0 Å². The van der Waals surface area contributed by atoms with Crippen molar-refractivity contribution in [1.29, 1.82) is 0 Å². The molecule has 116 valence electrons. The van der Waals surface area contributed by atoms with Crippen molar-refractivity contribution in [3.05, 3.63) is 35.4 Å². The second-order valence-corrected chi connectivity index (χ2v) is 5.80. The van der Waals surface area contributed by atoms with Crippen LogP contribution >= 0.6 is 0 Å². The Morgan fingerprint density at radius 3 is 2.57 bits per heavy atom. The van der Waals surface area contributed by atoms with Gasteiger partial charge in [-0.2, -0.15) is 0 Å². The highest BCUT2D eigenvalue weighted by molar-refractivity contribution is 5.94. The van der Waals surface area contributed by atoms with Crippen LogP contribution < -0.4 is 0 Å². The van der Waals surface area contributed by atoms with Gasteiger partial charge in [-0.25, -0.2) is 0 Å². The summed E-state index contributed by atoms with van der Waals surface area (Å²) in [4.78, 5) is 18.7. The average Bonchev–Trinajstić information content (AvgIpc) is 2.47. The van der Waals surface area contributed by atoms with E-state index in [1.54, 1.807) is 0 Å². The molecule has 1 aliphatic heterocycles. The summed E-state index contributed by atoms with van der Waals surface area (Å²) in [6, 6.07) is 7.88. The molecule has 0 saturated carbocycles. The topological polar surface area (TPSA) is 47.0 Å². The van der Waals surface area contributed by atoms with Crippen molar-refractivity contribution in [1.82, 2.24) is 14.7 Å². The SMILES string of the molecule is CN(C)Cc1cccc(C(=O)N2CCN(CCO)CC2)c1. The van der Waals surface area contributed by atoms with Crippen molar-refractivity contribution in [2.75, 3.05) is 53.4 Å². The van der Waals surface area contributed by atoms with E-state index in [9.17, 15) is 4.79 Å². The number of aliphatic hydroxyl groups excluding tert-OH is 1. The summed E-state index contributed by atoms with van der Waals surface area (Å²) in [7, 11) is 4.05. The highest BCUT2D eigenvalue weighted by Gasteiger charge is 2.21. The van der Waals surface area contributed by atoms with E-state index >= 15 is 0 Å². The number of carbonyl (C=O) groups is 1. The van der Waals surface area contributed by atoms with E-state index in [0.717, 1.165) is 43.9 Å². The van der Waals surface area contributed by atoms with Gasteiger partial charge in [-0.1, -0.05) is 12.1 Å². The molecule has 1 saturated heterocycles. The minimum atomic E-state index is 0.110. The Bertz CT molecular complexity index is 468. The Balaban J connectivity index is 1.97. The summed E-state index contributed by atoms with van der Waals surface area (Å²) in [5, 5.41) is 8.95. The van der Waals surface area contributed by atoms with Crippen LogP contribution in [0.5, 0.6) is 0 Å². The maximum absolute atomic E-state index is 12.5. The minimum Gasteiger partial charge on any atom is -0.395 e. The highest BCUT2D eigenvalue weighted by atomic mass is 16.3. The molecule has 1 fully saturated rings. The molecule has 1 aromatic rings. The van der Waals surface area contributed by atoms with Crippen LogP contribution in [-0.2, 0) is 6.54 Å². The molecule has 1 aliphatic rings. The maximum Gasteiger partial charge on any atom is 0.253 e. The lowest BCUT2D eigenvalue weighted by molar-refractivity contribution is 0.0615. The van der Waals surface area contributed by atoms with E-state index < -0.39 is 0 Å². The van der Waals surface area contributed by atoms with Crippen LogP contribution in [0.1, 0.15) is 15.9 Å². The smallest absolute Gasteiger partial charge is 0.253 e. The highest BCUT2D eigenvalue weighted by Crippen LogP contribution is 2.12. The lowest BCUT2D eigenvalue weighted by Gasteiger charge is -2.34. The molecule has 1 N–H and O–H groups in total. The van der Waals surface area contributed by atoms with Gasteiger partial charge < -0.3 is 14.9 Å². The quantitative estimate of drug-likeness (QED) is 0.858. The van der Waals surface area contributed by atoms with Gasteiger partial charge in [0.25, 0.3) is 5.91 Å². The first-order valence-electron chi connectivity index (χ1n) is 7.46. The van der Waals surface area contributed by atoms with E-state index in [1.807, 2.05) is 37.2 Å². The maximum atomic E-state index is 12.5. The zero-order valence-corrected chi connectivity index (χ0v) is 13.0. The molecular weight excluding hydrogens is 266 g/mol. The fourth-order valence-electron chi connectivity index (χ4n) is 2.67. The standard InChI is InChI=1S/C16H25N3O2/c1-17(2)13-14-4-3-5-15(12-14)16(21)19-8-6-18(7-9-19)10-11-20/h3-5,12,20H,6-11,13H2,1-2H3. The molecule has 2 rings (SSSR count). The molecule has 0 radical (unpaired) electrons. The number of β-amino-alcohol motifs (C(OH)–C–C–N with tert-alkyl or cyclic N) is 1. The molecule has 5 heteroatoms. The number of hydrogen-bond acceptors (Lipinski definition) is 4. The first-order chi connectivity index (χ1) is 10.1. The van der Waals surface area contributed by atoms with Gasteiger partial charge in [-0.05, 0) is 31.8 Å². The lowest BCUT2D eigenvalue weighted by Crippen LogP contribution is -2.49. The zero-order valence-electron chi connectivity index (χ0n) is 13.0. The van der Waals surface area contributed by atoms with Crippen molar-refractivity contribution in [3.8, 4) is 0 Å². The van der Waals surface area contributed by atoms with Crippen LogP contribution in [0, 0.1) is 0 Å². The van der Waals surface area contributed by atoms with Crippen LogP contribution in [0.4, 0.5) is 0 Å². The number of benzene rings is 1. The van der Waals surface area contributed by atoms with Crippen molar-refractivity contribution >= 4 is 5.91 Å². The van der Waals surface area contributed by atoms with E-state index in [4.69, 9.17) is 5.11 Å². The lowest BCUT2D eigenvalue weighted by atomic mass is 10.1. The van der Waals surface area contributed by atoms with Gasteiger partial charge >= 0.3 is 0 Å². The predicted molar refractivity (Wildman–Crippen MR) is 83.3 cm³/mol. The molecule has 5 nitrogen and oxygen atoms in total. The summed E-state index contributed by atoms with van der Waals surface area (Å²) in [5.74, 6) is 0.110. The molecule has 21 heavy (non-hydrogen) atoms. The van der Waals surface area contributed by atoms with Crippen LogP contribution in [0.2, 0.25) is 0 Å². The molecular formula is C16H25N3O2. The molecule has 0 unspecified atom stereocenters. The normalized spacial score (nSPS) is 16.5. The molecule has 0 bridgehead atoms. The van der Waals surface area contributed by atoms with E-state index in [0.29, 0.717) is 6.54 Å². The third-order valence-corrected chi connectivity index (χ3v) is 3.75. The van der Waals surface area contributed by atoms with Gasteiger partial charge in [-0.3, -0.25) is 9.69 Å². The Kier molecular flexibility index (Phi) is 5.73. The molecule has 1 amide bonds. The number of hydrogen-bond donors (Lipinski definition) is 1.